The molecule has 3 N–H and O–H groups in total. The second-order valence-corrected chi connectivity index (χ2v) is 4.88. The van der Waals surface area contributed by atoms with Crippen molar-refractivity contribution in [1.82, 2.24) is 0 Å². The van der Waals surface area contributed by atoms with E-state index in [9.17, 15) is 5.11 Å². The molecule has 0 spiro atoms. The first-order chi connectivity index (χ1) is 8.03. The summed E-state index contributed by atoms with van der Waals surface area (Å²) < 4.78 is 5.22. The summed E-state index contributed by atoms with van der Waals surface area (Å²) in [7, 11) is 1.62. The third kappa shape index (κ3) is 2.47. The molecule has 1 fully saturated rings. The summed E-state index contributed by atoms with van der Waals surface area (Å²) in [5.74, 6) is 0.708. The first-order valence-corrected chi connectivity index (χ1v) is 5.93. The fraction of sp³-hybridized carbons (Fsp3) is 0.538. The zero-order chi connectivity index (χ0) is 12.5. The predicted octanol–water partition coefficient (Wildman–Crippen LogP) is 1.63. The van der Waals surface area contributed by atoms with Crippen LogP contribution in [-0.2, 0) is 0 Å². The lowest BCUT2D eigenvalue weighted by Gasteiger charge is -2.37. The molecule has 1 aromatic carbocycles. The zero-order valence-corrected chi connectivity index (χ0v) is 10.4. The lowest BCUT2D eigenvalue weighted by molar-refractivity contribution is 0.0351. The van der Waals surface area contributed by atoms with Gasteiger partial charge in [-0.15, -0.1) is 0 Å². The minimum atomic E-state index is -0.538. The molecule has 0 aromatic heterocycles. The second kappa shape index (κ2) is 4.45. The van der Waals surface area contributed by atoms with Gasteiger partial charge in [0.15, 0.2) is 0 Å². The van der Waals surface area contributed by atoms with Crippen LogP contribution >= 0.6 is 0 Å². The number of nitrogens with two attached hydrogens (primary N) is 1. The molecular weight excluding hydrogens is 216 g/mol. The molecule has 1 saturated heterocycles. The number of hydrogen-bond donors (Lipinski definition) is 2. The number of aliphatic hydroxyl groups is 1. The van der Waals surface area contributed by atoms with E-state index in [-0.39, 0.29) is 0 Å². The van der Waals surface area contributed by atoms with E-state index >= 15 is 0 Å². The minimum Gasteiger partial charge on any atom is -0.495 e. The Balaban J connectivity index is 2.19. The maximum atomic E-state index is 9.93. The van der Waals surface area contributed by atoms with Gasteiger partial charge >= 0.3 is 0 Å². The summed E-state index contributed by atoms with van der Waals surface area (Å²) in [4.78, 5) is 2.20. The standard InChI is InChI=1S/C13H20N2O2/c1-13(16)6-8-15(9-7-13)10-4-3-5-11(17-2)12(10)14/h3-5,16H,6-9,14H2,1-2H3. The molecule has 0 saturated carbocycles. The Morgan fingerprint density at radius 3 is 2.59 bits per heavy atom. The lowest BCUT2D eigenvalue weighted by atomic mass is 9.93. The van der Waals surface area contributed by atoms with E-state index in [1.54, 1.807) is 7.11 Å². The van der Waals surface area contributed by atoms with Gasteiger partial charge in [-0.2, -0.15) is 0 Å². The van der Waals surface area contributed by atoms with Gasteiger partial charge in [0.25, 0.3) is 0 Å². The fourth-order valence-corrected chi connectivity index (χ4v) is 2.22. The molecule has 0 aliphatic carbocycles. The van der Waals surface area contributed by atoms with Gasteiger partial charge in [0.05, 0.1) is 24.1 Å². The van der Waals surface area contributed by atoms with Crippen LogP contribution in [0.4, 0.5) is 11.4 Å². The van der Waals surface area contributed by atoms with Crippen LogP contribution in [0.15, 0.2) is 18.2 Å². The Morgan fingerprint density at radius 2 is 2.00 bits per heavy atom. The van der Waals surface area contributed by atoms with Gasteiger partial charge in [-0.05, 0) is 31.9 Å². The topological polar surface area (TPSA) is 58.7 Å². The average Bonchev–Trinajstić information content (AvgIpc) is 2.30. The Hall–Kier alpha value is -1.42. The quantitative estimate of drug-likeness (QED) is 0.766. The number of anilines is 2. The predicted molar refractivity (Wildman–Crippen MR) is 69.5 cm³/mol. The van der Waals surface area contributed by atoms with E-state index < -0.39 is 5.60 Å². The van der Waals surface area contributed by atoms with Crippen LogP contribution in [0.5, 0.6) is 5.75 Å². The van der Waals surface area contributed by atoms with E-state index in [1.165, 1.54) is 0 Å². The molecule has 0 amide bonds. The molecule has 1 heterocycles. The molecule has 0 radical (unpaired) electrons. The average molecular weight is 236 g/mol. The van der Waals surface area contributed by atoms with Crippen LogP contribution in [0.3, 0.4) is 0 Å². The molecule has 2 rings (SSSR count). The highest BCUT2D eigenvalue weighted by molar-refractivity contribution is 5.74. The highest BCUT2D eigenvalue weighted by Gasteiger charge is 2.28. The van der Waals surface area contributed by atoms with Crippen molar-refractivity contribution in [2.45, 2.75) is 25.4 Å². The number of nitrogen functional groups attached to an aromatic ring is 1. The largest absolute Gasteiger partial charge is 0.495 e. The summed E-state index contributed by atoms with van der Waals surface area (Å²) in [6.45, 7) is 3.54. The molecule has 1 aliphatic rings. The molecule has 4 heteroatoms. The van der Waals surface area contributed by atoms with Crippen molar-refractivity contribution in [1.29, 1.82) is 0 Å². The van der Waals surface area contributed by atoms with Crippen molar-refractivity contribution in [3.63, 3.8) is 0 Å². The van der Waals surface area contributed by atoms with Crippen molar-refractivity contribution in [2.24, 2.45) is 0 Å². The van der Waals surface area contributed by atoms with Crippen molar-refractivity contribution in [2.75, 3.05) is 30.8 Å². The van der Waals surface area contributed by atoms with Gasteiger partial charge in [-0.25, -0.2) is 0 Å². The van der Waals surface area contributed by atoms with Crippen LogP contribution in [-0.4, -0.2) is 30.9 Å². The van der Waals surface area contributed by atoms with Gasteiger partial charge in [-0.3, -0.25) is 0 Å². The maximum Gasteiger partial charge on any atom is 0.143 e. The third-order valence-corrected chi connectivity index (χ3v) is 3.44. The van der Waals surface area contributed by atoms with Crippen LogP contribution in [0, 0.1) is 0 Å². The van der Waals surface area contributed by atoms with Crippen LogP contribution < -0.4 is 15.4 Å². The second-order valence-electron chi connectivity index (χ2n) is 4.88. The lowest BCUT2D eigenvalue weighted by Crippen LogP contribution is -2.42. The number of piperidine rings is 1. The number of ether oxygens (including phenoxy) is 1. The van der Waals surface area contributed by atoms with Crippen molar-refractivity contribution < 1.29 is 9.84 Å². The Bertz CT molecular complexity index is 394. The molecule has 4 nitrogen and oxygen atoms in total. The molecule has 0 unspecified atom stereocenters. The van der Waals surface area contributed by atoms with Crippen LogP contribution in [0.1, 0.15) is 19.8 Å². The summed E-state index contributed by atoms with van der Waals surface area (Å²) in [5, 5.41) is 9.93. The van der Waals surface area contributed by atoms with E-state index in [1.807, 2.05) is 25.1 Å². The van der Waals surface area contributed by atoms with E-state index in [4.69, 9.17) is 10.5 Å². The Labute approximate surface area is 102 Å². The van der Waals surface area contributed by atoms with E-state index in [0.29, 0.717) is 11.4 Å². The Kier molecular flexibility index (Phi) is 3.15. The normalized spacial score (nSPS) is 19.1. The van der Waals surface area contributed by atoms with Gasteiger partial charge < -0.3 is 20.5 Å². The zero-order valence-electron chi connectivity index (χ0n) is 10.4. The van der Waals surface area contributed by atoms with Gasteiger partial charge in [0.2, 0.25) is 0 Å². The number of benzene rings is 1. The van der Waals surface area contributed by atoms with Crippen molar-refractivity contribution in [3.05, 3.63) is 18.2 Å². The van der Waals surface area contributed by atoms with Gasteiger partial charge in [0.1, 0.15) is 5.75 Å². The first kappa shape index (κ1) is 12.0. The van der Waals surface area contributed by atoms with E-state index in [2.05, 4.69) is 4.90 Å². The number of methoxy groups -OCH3 is 1. The highest BCUT2D eigenvalue weighted by Crippen LogP contribution is 2.34. The number of rotatable bonds is 2. The summed E-state index contributed by atoms with van der Waals surface area (Å²) in [6.07, 6.45) is 1.54. The molecule has 1 aromatic rings. The maximum absolute atomic E-state index is 9.93. The van der Waals surface area contributed by atoms with Crippen molar-refractivity contribution in [3.8, 4) is 5.75 Å². The molecule has 0 atom stereocenters. The van der Waals surface area contributed by atoms with Gasteiger partial charge in [-0.1, -0.05) is 6.07 Å². The first-order valence-electron chi connectivity index (χ1n) is 5.93. The monoisotopic (exact) mass is 236 g/mol. The highest BCUT2D eigenvalue weighted by atomic mass is 16.5. The molecular formula is C13H20N2O2. The molecule has 1 aliphatic heterocycles. The summed E-state index contributed by atoms with van der Waals surface area (Å²) in [6, 6.07) is 5.80. The molecule has 17 heavy (non-hydrogen) atoms. The molecule has 0 bridgehead atoms. The SMILES string of the molecule is COc1cccc(N2CCC(C)(O)CC2)c1N. The fourth-order valence-electron chi connectivity index (χ4n) is 2.22. The smallest absolute Gasteiger partial charge is 0.143 e. The number of para-hydroxylation sites is 1. The van der Waals surface area contributed by atoms with Crippen LogP contribution in [0.25, 0.3) is 0 Å². The Morgan fingerprint density at radius 1 is 1.35 bits per heavy atom. The van der Waals surface area contributed by atoms with E-state index in [0.717, 1.165) is 31.6 Å². The van der Waals surface area contributed by atoms with Gasteiger partial charge in [0, 0.05) is 13.1 Å². The number of hydrogen-bond acceptors (Lipinski definition) is 4. The third-order valence-electron chi connectivity index (χ3n) is 3.44. The summed E-state index contributed by atoms with van der Waals surface area (Å²) in [5.41, 5.74) is 7.20. The van der Waals surface area contributed by atoms with Crippen molar-refractivity contribution >= 4 is 11.4 Å². The summed E-state index contributed by atoms with van der Waals surface area (Å²) >= 11 is 0. The molecule has 94 valence electrons. The number of nitrogens with zero attached hydrogens (tertiary/aromatic N) is 1. The minimum absolute atomic E-state index is 0.538. The van der Waals surface area contributed by atoms with Crippen LogP contribution in [0.2, 0.25) is 0 Å².